The maximum Gasteiger partial charge on any atom is 0.0118 e. The Labute approximate surface area is 96.0 Å². The fourth-order valence-corrected chi connectivity index (χ4v) is 2.96. The SMILES string of the molecule is CCC(CC)CNC1C(C)CCCC1C. The van der Waals surface area contributed by atoms with Gasteiger partial charge >= 0.3 is 0 Å². The van der Waals surface area contributed by atoms with Crippen LogP contribution < -0.4 is 5.32 Å². The van der Waals surface area contributed by atoms with E-state index in [1.807, 2.05) is 0 Å². The van der Waals surface area contributed by atoms with E-state index in [9.17, 15) is 0 Å². The van der Waals surface area contributed by atoms with E-state index in [-0.39, 0.29) is 0 Å². The molecule has 15 heavy (non-hydrogen) atoms. The van der Waals surface area contributed by atoms with Crippen molar-refractivity contribution < 1.29 is 0 Å². The van der Waals surface area contributed by atoms with E-state index in [0.29, 0.717) is 0 Å². The molecule has 1 nitrogen and oxygen atoms in total. The maximum absolute atomic E-state index is 3.82. The molecule has 90 valence electrons. The summed E-state index contributed by atoms with van der Waals surface area (Å²) in [5.41, 5.74) is 0. The second kappa shape index (κ2) is 6.52. The minimum absolute atomic E-state index is 0.777. The third kappa shape index (κ3) is 3.79. The van der Waals surface area contributed by atoms with Gasteiger partial charge in [-0.2, -0.15) is 0 Å². The second-order valence-electron chi connectivity index (χ2n) is 5.50. The van der Waals surface area contributed by atoms with Gasteiger partial charge in [0.25, 0.3) is 0 Å². The van der Waals surface area contributed by atoms with Gasteiger partial charge in [-0.25, -0.2) is 0 Å². The molecule has 1 saturated carbocycles. The summed E-state index contributed by atoms with van der Waals surface area (Å²) in [5.74, 6) is 2.64. The van der Waals surface area contributed by atoms with Gasteiger partial charge in [-0.3, -0.25) is 0 Å². The number of rotatable bonds is 5. The third-order valence-electron chi connectivity index (χ3n) is 4.34. The molecule has 0 saturated heterocycles. The summed E-state index contributed by atoms with van der Waals surface area (Å²) in [6.07, 6.45) is 6.92. The van der Waals surface area contributed by atoms with Crippen LogP contribution in [0.1, 0.15) is 59.8 Å². The lowest BCUT2D eigenvalue weighted by molar-refractivity contribution is 0.200. The molecule has 0 bridgehead atoms. The van der Waals surface area contributed by atoms with Gasteiger partial charge in [-0.15, -0.1) is 0 Å². The number of hydrogen-bond donors (Lipinski definition) is 1. The van der Waals surface area contributed by atoms with Gasteiger partial charge in [0.05, 0.1) is 0 Å². The van der Waals surface area contributed by atoms with Crippen LogP contribution in [-0.2, 0) is 0 Å². The quantitative estimate of drug-likeness (QED) is 0.728. The van der Waals surface area contributed by atoms with Crippen LogP contribution in [0.25, 0.3) is 0 Å². The molecule has 0 aliphatic heterocycles. The maximum atomic E-state index is 3.82. The Morgan fingerprint density at radius 1 is 1.07 bits per heavy atom. The Morgan fingerprint density at radius 3 is 2.07 bits per heavy atom. The summed E-state index contributed by atoms with van der Waals surface area (Å²) in [6.45, 7) is 10.7. The molecule has 1 heteroatoms. The molecule has 0 amide bonds. The average Bonchev–Trinajstić information content (AvgIpc) is 2.23. The van der Waals surface area contributed by atoms with E-state index in [0.717, 1.165) is 23.8 Å². The Bertz CT molecular complexity index is 153. The third-order valence-corrected chi connectivity index (χ3v) is 4.34. The monoisotopic (exact) mass is 211 g/mol. The van der Waals surface area contributed by atoms with E-state index in [1.165, 1.54) is 38.6 Å². The molecule has 2 unspecified atom stereocenters. The first-order chi connectivity index (χ1) is 7.19. The van der Waals surface area contributed by atoms with Gasteiger partial charge in [-0.1, -0.05) is 47.0 Å². The summed E-state index contributed by atoms with van der Waals surface area (Å²) in [5, 5.41) is 3.82. The van der Waals surface area contributed by atoms with Crippen molar-refractivity contribution >= 4 is 0 Å². The van der Waals surface area contributed by atoms with Crippen molar-refractivity contribution in [1.82, 2.24) is 5.32 Å². The molecule has 1 aliphatic carbocycles. The molecular weight excluding hydrogens is 182 g/mol. The lowest BCUT2D eigenvalue weighted by Gasteiger charge is -2.36. The molecule has 0 radical (unpaired) electrons. The second-order valence-corrected chi connectivity index (χ2v) is 5.50. The molecular formula is C14H29N. The van der Waals surface area contributed by atoms with Gasteiger partial charge in [0, 0.05) is 6.04 Å². The molecule has 2 atom stereocenters. The Hall–Kier alpha value is -0.0400. The van der Waals surface area contributed by atoms with Crippen molar-refractivity contribution in [3.8, 4) is 0 Å². The normalized spacial score (nSPS) is 32.2. The summed E-state index contributed by atoms with van der Waals surface area (Å²) < 4.78 is 0. The van der Waals surface area contributed by atoms with Crippen molar-refractivity contribution in [3.63, 3.8) is 0 Å². The zero-order valence-electron chi connectivity index (χ0n) is 11.1. The summed E-state index contributed by atoms with van der Waals surface area (Å²) in [7, 11) is 0. The highest BCUT2D eigenvalue weighted by Gasteiger charge is 2.27. The van der Waals surface area contributed by atoms with Gasteiger partial charge < -0.3 is 5.32 Å². The van der Waals surface area contributed by atoms with Crippen LogP contribution in [-0.4, -0.2) is 12.6 Å². The fourth-order valence-electron chi connectivity index (χ4n) is 2.96. The summed E-state index contributed by atoms with van der Waals surface area (Å²) in [6, 6.07) is 0.777. The van der Waals surface area contributed by atoms with Crippen molar-refractivity contribution in [1.29, 1.82) is 0 Å². The Morgan fingerprint density at radius 2 is 1.60 bits per heavy atom. The minimum atomic E-state index is 0.777. The van der Waals surface area contributed by atoms with E-state index in [1.54, 1.807) is 0 Å². The first-order valence-corrected chi connectivity index (χ1v) is 6.92. The predicted octanol–water partition coefficient (Wildman–Crippen LogP) is 3.84. The standard InChI is InChI=1S/C14H29N/c1-5-13(6-2)10-15-14-11(3)8-7-9-12(14)4/h11-15H,5-10H2,1-4H3. The van der Waals surface area contributed by atoms with Crippen LogP contribution in [0.3, 0.4) is 0 Å². The molecule has 0 aromatic carbocycles. The zero-order valence-corrected chi connectivity index (χ0v) is 11.1. The van der Waals surface area contributed by atoms with Gasteiger partial charge in [0.1, 0.15) is 0 Å². The molecule has 1 aliphatic rings. The highest BCUT2D eigenvalue weighted by atomic mass is 14.9. The largest absolute Gasteiger partial charge is 0.313 e. The predicted molar refractivity (Wildman–Crippen MR) is 68.0 cm³/mol. The number of hydrogen-bond acceptors (Lipinski definition) is 1. The van der Waals surface area contributed by atoms with Crippen molar-refractivity contribution in [2.45, 2.75) is 65.8 Å². The van der Waals surface area contributed by atoms with Crippen LogP contribution in [0.2, 0.25) is 0 Å². The van der Waals surface area contributed by atoms with Crippen LogP contribution >= 0.6 is 0 Å². The van der Waals surface area contributed by atoms with Crippen molar-refractivity contribution in [2.75, 3.05) is 6.54 Å². The zero-order chi connectivity index (χ0) is 11.3. The van der Waals surface area contributed by atoms with E-state index >= 15 is 0 Å². The highest BCUT2D eigenvalue weighted by Crippen LogP contribution is 2.28. The van der Waals surface area contributed by atoms with E-state index in [4.69, 9.17) is 0 Å². The average molecular weight is 211 g/mol. The topological polar surface area (TPSA) is 12.0 Å². The first-order valence-electron chi connectivity index (χ1n) is 6.92. The van der Waals surface area contributed by atoms with E-state index in [2.05, 4.69) is 33.0 Å². The lowest BCUT2D eigenvalue weighted by Crippen LogP contribution is -2.44. The van der Waals surface area contributed by atoms with Crippen molar-refractivity contribution in [2.24, 2.45) is 17.8 Å². The Kier molecular flexibility index (Phi) is 5.66. The van der Waals surface area contributed by atoms with Crippen LogP contribution in [0, 0.1) is 17.8 Å². The summed E-state index contributed by atoms with van der Waals surface area (Å²) in [4.78, 5) is 0. The molecule has 1 fully saturated rings. The molecule has 1 N–H and O–H groups in total. The molecule has 0 aromatic rings. The van der Waals surface area contributed by atoms with Crippen molar-refractivity contribution in [3.05, 3.63) is 0 Å². The Balaban J connectivity index is 2.34. The van der Waals surface area contributed by atoms with Gasteiger partial charge in [-0.05, 0) is 37.1 Å². The molecule has 0 aromatic heterocycles. The van der Waals surface area contributed by atoms with Crippen LogP contribution in [0.4, 0.5) is 0 Å². The molecule has 0 heterocycles. The fraction of sp³-hybridized carbons (Fsp3) is 1.00. The van der Waals surface area contributed by atoms with Crippen LogP contribution in [0.5, 0.6) is 0 Å². The minimum Gasteiger partial charge on any atom is -0.313 e. The smallest absolute Gasteiger partial charge is 0.0118 e. The van der Waals surface area contributed by atoms with Gasteiger partial charge in [0.15, 0.2) is 0 Å². The van der Waals surface area contributed by atoms with E-state index < -0.39 is 0 Å². The molecule has 0 spiro atoms. The first kappa shape index (κ1) is 13.0. The van der Waals surface area contributed by atoms with Crippen LogP contribution in [0.15, 0.2) is 0 Å². The summed E-state index contributed by atoms with van der Waals surface area (Å²) >= 11 is 0. The lowest BCUT2D eigenvalue weighted by atomic mass is 9.78. The number of nitrogens with one attached hydrogen (secondary N) is 1. The molecule has 1 rings (SSSR count). The highest BCUT2D eigenvalue weighted by molar-refractivity contribution is 4.83. The van der Waals surface area contributed by atoms with Gasteiger partial charge in [0.2, 0.25) is 0 Å².